The van der Waals surface area contributed by atoms with E-state index in [1.54, 1.807) is 7.11 Å². The molecule has 4 fully saturated rings. The quantitative estimate of drug-likeness (QED) is 0.684. The zero-order chi connectivity index (χ0) is 22.1. The molecule has 0 spiro atoms. The third-order valence-electron chi connectivity index (χ3n) is 7.27. The molecule has 2 N–H and O–H groups in total. The van der Waals surface area contributed by atoms with Crippen molar-refractivity contribution in [2.75, 3.05) is 39.8 Å². The van der Waals surface area contributed by atoms with E-state index in [2.05, 4.69) is 33.9 Å². The Labute approximate surface area is 190 Å². The number of rotatable bonds is 4. The Morgan fingerprint density at radius 3 is 2.62 bits per heavy atom. The molecule has 1 aromatic carbocycles. The van der Waals surface area contributed by atoms with Gasteiger partial charge in [-0.2, -0.15) is 0 Å². The van der Waals surface area contributed by atoms with Crippen LogP contribution in [-0.2, 0) is 11.2 Å². The second-order valence-corrected chi connectivity index (χ2v) is 9.34. The highest BCUT2D eigenvalue weighted by atomic mass is 16.5. The van der Waals surface area contributed by atoms with Crippen molar-refractivity contribution in [3.63, 3.8) is 0 Å². The Balaban J connectivity index is 1.44. The summed E-state index contributed by atoms with van der Waals surface area (Å²) in [4.78, 5) is 11.1. The molecule has 4 atom stereocenters. The maximum absolute atomic E-state index is 11.4. The first kappa shape index (κ1) is 21.6. The third kappa shape index (κ3) is 4.21. The molecule has 0 radical (unpaired) electrons. The summed E-state index contributed by atoms with van der Waals surface area (Å²) in [5, 5.41) is 21.8. The number of methoxy groups -OCH3 is 1. The molecular weight excluding hydrogens is 404 g/mol. The molecule has 0 saturated carbocycles. The zero-order valence-corrected chi connectivity index (χ0v) is 18.6. The lowest BCUT2D eigenvalue weighted by Gasteiger charge is -2.47. The minimum absolute atomic E-state index is 0.222. The fourth-order valence-electron chi connectivity index (χ4n) is 5.38. The van der Waals surface area contributed by atoms with Crippen molar-refractivity contribution in [2.45, 2.75) is 43.4 Å². The summed E-state index contributed by atoms with van der Waals surface area (Å²) in [5.74, 6) is 3.48. The molecule has 1 unspecified atom stereocenters. The van der Waals surface area contributed by atoms with Crippen molar-refractivity contribution in [1.29, 1.82) is 0 Å². The van der Waals surface area contributed by atoms with Gasteiger partial charge in [0.1, 0.15) is 5.60 Å². The highest BCUT2D eigenvalue weighted by molar-refractivity contribution is 5.73. The maximum Gasteiger partial charge on any atom is 0.189 e. The molecule has 0 aliphatic carbocycles. The number of β-amino-alcohol motifs (C(OH)–C–C–N with tert-alkyl or cyclic N) is 1. The summed E-state index contributed by atoms with van der Waals surface area (Å²) in [7, 11) is 1.63. The highest BCUT2D eigenvalue weighted by Crippen LogP contribution is 2.35. The second-order valence-electron chi connectivity index (χ2n) is 9.34. The van der Waals surface area contributed by atoms with Crippen molar-refractivity contribution >= 4 is 6.21 Å². The minimum atomic E-state index is -0.986. The average Bonchev–Trinajstić information content (AvgIpc) is 3.20. The Bertz CT molecular complexity index is 932. The van der Waals surface area contributed by atoms with Gasteiger partial charge in [-0.1, -0.05) is 30.3 Å². The Morgan fingerprint density at radius 1 is 1.19 bits per heavy atom. The number of benzene rings is 1. The minimum Gasteiger partial charge on any atom is -0.389 e. The Morgan fingerprint density at radius 2 is 1.97 bits per heavy atom. The van der Waals surface area contributed by atoms with E-state index in [1.807, 2.05) is 35.4 Å². The smallest absolute Gasteiger partial charge is 0.189 e. The van der Waals surface area contributed by atoms with Gasteiger partial charge in [0.25, 0.3) is 0 Å². The average molecular weight is 437 g/mol. The molecule has 0 aromatic heterocycles. The molecular formula is C25H32N4O3. The molecule has 170 valence electrons. The molecule has 1 aromatic rings. The summed E-state index contributed by atoms with van der Waals surface area (Å²) in [6, 6.07) is 13.6. The van der Waals surface area contributed by atoms with Crippen LogP contribution in [0.2, 0.25) is 0 Å². The number of ether oxygens (including phenoxy) is 1. The van der Waals surface area contributed by atoms with Gasteiger partial charge in [0.15, 0.2) is 6.29 Å². The second kappa shape index (κ2) is 8.97. The van der Waals surface area contributed by atoms with E-state index in [1.165, 1.54) is 5.56 Å². The van der Waals surface area contributed by atoms with Crippen LogP contribution >= 0.6 is 0 Å². The summed E-state index contributed by atoms with van der Waals surface area (Å²) in [6.45, 7) is 3.76. The predicted octanol–water partition coefficient (Wildman–Crippen LogP) is 0.892. The van der Waals surface area contributed by atoms with Crippen LogP contribution in [0.4, 0.5) is 0 Å². The molecule has 4 saturated heterocycles. The molecule has 5 heterocycles. The number of hydrogen-bond acceptors (Lipinski definition) is 7. The molecule has 7 nitrogen and oxygen atoms in total. The first-order valence-corrected chi connectivity index (χ1v) is 11.5. The largest absolute Gasteiger partial charge is 0.389 e. The number of nitrogens with zero attached hydrogens (tertiary/aromatic N) is 4. The van der Waals surface area contributed by atoms with Crippen LogP contribution in [0.1, 0.15) is 18.4 Å². The van der Waals surface area contributed by atoms with E-state index in [-0.39, 0.29) is 18.3 Å². The number of aliphatic imine (C=N–C) groups is 1. The molecule has 0 amide bonds. The van der Waals surface area contributed by atoms with Crippen LogP contribution in [0.25, 0.3) is 0 Å². The fraction of sp³-hybridized carbons (Fsp3) is 0.560. The Hall–Kier alpha value is -2.21. The van der Waals surface area contributed by atoms with Gasteiger partial charge in [-0.05, 0) is 43.5 Å². The van der Waals surface area contributed by atoms with E-state index in [9.17, 15) is 10.2 Å². The number of aliphatic hydroxyl groups is 2. The van der Waals surface area contributed by atoms with Crippen molar-refractivity contribution < 1.29 is 14.9 Å². The molecule has 5 aliphatic heterocycles. The number of allylic oxidation sites excluding steroid dienone is 2. The highest BCUT2D eigenvalue weighted by Gasteiger charge is 2.45. The van der Waals surface area contributed by atoms with Crippen molar-refractivity contribution in [3.05, 3.63) is 47.7 Å². The lowest BCUT2D eigenvalue weighted by Crippen LogP contribution is -2.58. The van der Waals surface area contributed by atoms with Crippen LogP contribution in [0.15, 0.2) is 47.1 Å². The summed E-state index contributed by atoms with van der Waals surface area (Å²) in [5.41, 5.74) is 1.24. The van der Waals surface area contributed by atoms with Crippen LogP contribution in [0, 0.1) is 17.9 Å². The van der Waals surface area contributed by atoms with Crippen molar-refractivity contribution in [2.24, 2.45) is 10.9 Å². The van der Waals surface area contributed by atoms with Gasteiger partial charge in [0, 0.05) is 57.0 Å². The van der Waals surface area contributed by atoms with E-state index in [0.29, 0.717) is 19.6 Å². The molecule has 32 heavy (non-hydrogen) atoms. The number of likely N-dealkylation sites (tertiary alicyclic amines) is 1. The van der Waals surface area contributed by atoms with Crippen molar-refractivity contribution in [3.8, 4) is 12.0 Å². The number of aliphatic hydroxyl groups excluding tert-OH is 1. The van der Waals surface area contributed by atoms with Crippen LogP contribution in [0.3, 0.4) is 0 Å². The van der Waals surface area contributed by atoms with E-state index >= 15 is 0 Å². The first-order valence-electron chi connectivity index (χ1n) is 11.5. The number of piperidine rings is 3. The van der Waals surface area contributed by atoms with Gasteiger partial charge in [-0.3, -0.25) is 19.7 Å². The molecule has 2 bridgehead atoms. The lowest BCUT2D eigenvalue weighted by atomic mass is 9.76. The normalized spacial score (nSPS) is 36.7. The molecule has 5 aliphatic rings. The summed E-state index contributed by atoms with van der Waals surface area (Å²) in [6.07, 6.45) is 5.38. The van der Waals surface area contributed by atoms with Crippen LogP contribution in [-0.4, -0.2) is 95.1 Å². The molecule has 7 heteroatoms. The summed E-state index contributed by atoms with van der Waals surface area (Å²) >= 11 is 0. The number of hydrogen-bond donors (Lipinski definition) is 2. The van der Waals surface area contributed by atoms with Gasteiger partial charge >= 0.3 is 0 Å². The van der Waals surface area contributed by atoms with E-state index < -0.39 is 11.7 Å². The van der Waals surface area contributed by atoms with Gasteiger partial charge in [0.05, 0.1) is 12.2 Å². The third-order valence-corrected chi connectivity index (χ3v) is 7.27. The van der Waals surface area contributed by atoms with Crippen LogP contribution in [0.5, 0.6) is 0 Å². The summed E-state index contributed by atoms with van der Waals surface area (Å²) < 4.78 is 5.45. The topological polar surface area (TPSA) is 71.8 Å². The number of fused-ring (bicyclic) bond motifs is 3. The SMILES string of the molecule is CO[C@@H]1CN(C2N=CC=C(Cc3ccccc3)N2C#C[C@@]2(O)CN3CCC2CC3)C[C@H]1O. The first-order chi connectivity index (χ1) is 15.6. The lowest BCUT2D eigenvalue weighted by molar-refractivity contribution is -0.0716. The van der Waals surface area contributed by atoms with Gasteiger partial charge < -0.3 is 14.9 Å². The van der Waals surface area contributed by atoms with E-state index in [4.69, 9.17) is 9.73 Å². The van der Waals surface area contributed by atoms with Crippen LogP contribution < -0.4 is 0 Å². The van der Waals surface area contributed by atoms with Gasteiger partial charge in [-0.15, -0.1) is 0 Å². The predicted molar refractivity (Wildman–Crippen MR) is 123 cm³/mol. The maximum atomic E-state index is 11.4. The zero-order valence-electron chi connectivity index (χ0n) is 18.6. The standard InChI is InChI=1S/C25H32N4O3/c1-32-23-17-28(16-22(23)30)24-26-11-7-21(15-19-5-3-2-4-6-19)29(24)14-10-25(31)18-27-12-8-20(25)9-13-27/h2-7,11,20,22-24,30-31H,8-9,12-13,15-18H2,1H3/t22-,23-,24?,25-/m1/s1. The monoisotopic (exact) mass is 436 g/mol. The molecule has 6 rings (SSSR count). The van der Waals surface area contributed by atoms with Gasteiger partial charge in [-0.25, -0.2) is 0 Å². The van der Waals surface area contributed by atoms with Gasteiger partial charge in [0.2, 0.25) is 0 Å². The van der Waals surface area contributed by atoms with Crippen molar-refractivity contribution in [1.82, 2.24) is 14.7 Å². The Kier molecular flexibility index (Phi) is 6.06. The van der Waals surface area contributed by atoms with E-state index in [0.717, 1.165) is 38.0 Å². The fourth-order valence-corrected chi connectivity index (χ4v) is 5.38.